The van der Waals surface area contributed by atoms with E-state index in [1.54, 1.807) is 24.3 Å². The molecule has 5 rings (SSSR count). The molecule has 0 aliphatic carbocycles. The van der Waals surface area contributed by atoms with Crippen LogP contribution in [0.5, 0.6) is 11.5 Å². The lowest BCUT2D eigenvalue weighted by atomic mass is 10.0. The van der Waals surface area contributed by atoms with Gasteiger partial charge in [-0.05, 0) is 59.5 Å². The number of ether oxygens (including phenoxy) is 3. The van der Waals surface area contributed by atoms with Crippen molar-refractivity contribution in [3.63, 3.8) is 0 Å². The number of aliphatic hydroxyl groups excluding tert-OH is 1. The minimum Gasteiger partial charge on any atom is -0.489 e. The molecule has 0 radical (unpaired) electrons. The lowest BCUT2D eigenvalue weighted by Crippen LogP contribution is -2.49. The molecule has 0 saturated carbocycles. The van der Waals surface area contributed by atoms with Crippen molar-refractivity contribution < 1.29 is 33.3 Å². The molecule has 1 aliphatic heterocycles. The number of halogens is 1. The number of carbonyl (C=O) groups is 2. The number of amides is 2. The van der Waals surface area contributed by atoms with Gasteiger partial charge in [0, 0.05) is 0 Å². The van der Waals surface area contributed by atoms with E-state index in [1.807, 2.05) is 60.7 Å². The first-order chi connectivity index (χ1) is 19.5. The summed E-state index contributed by atoms with van der Waals surface area (Å²) in [5.74, 6) is -0.500. The van der Waals surface area contributed by atoms with Crippen LogP contribution in [-0.4, -0.2) is 40.8 Å². The zero-order chi connectivity index (χ0) is 27.9. The monoisotopic (exact) mass is 541 g/mol. The van der Waals surface area contributed by atoms with Gasteiger partial charge in [-0.2, -0.15) is 0 Å². The fourth-order valence-corrected chi connectivity index (χ4v) is 4.49. The number of carbonyl (C=O) groups excluding carboxylic acids is 2. The first-order valence-electron chi connectivity index (χ1n) is 12.9. The predicted molar refractivity (Wildman–Crippen MR) is 145 cm³/mol. The molecule has 2 amide bonds. The molecule has 40 heavy (non-hydrogen) atoms. The van der Waals surface area contributed by atoms with Crippen molar-refractivity contribution in [2.75, 3.05) is 6.61 Å². The molecule has 1 fully saturated rings. The van der Waals surface area contributed by atoms with Crippen LogP contribution in [0, 0.1) is 5.82 Å². The average molecular weight is 542 g/mol. The highest BCUT2D eigenvalue weighted by molar-refractivity contribution is 5.96. The van der Waals surface area contributed by atoms with Crippen molar-refractivity contribution >= 4 is 12.0 Å². The van der Waals surface area contributed by atoms with Gasteiger partial charge in [0.2, 0.25) is 6.10 Å². The Morgan fingerprint density at radius 2 is 1.48 bits per heavy atom. The number of hydrogen-bond donors (Lipinski definition) is 1. The molecule has 0 aromatic heterocycles. The van der Waals surface area contributed by atoms with Gasteiger partial charge in [-0.1, -0.05) is 72.8 Å². The minimum atomic E-state index is -1.51. The molecule has 1 saturated heterocycles. The Kier molecular flexibility index (Phi) is 8.37. The largest absolute Gasteiger partial charge is 0.489 e. The molecule has 7 nitrogen and oxygen atoms in total. The summed E-state index contributed by atoms with van der Waals surface area (Å²) in [6.45, 7) is 0.393. The van der Waals surface area contributed by atoms with E-state index < -0.39 is 36.1 Å². The van der Waals surface area contributed by atoms with Gasteiger partial charge in [0.25, 0.3) is 5.91 Å². The molecule has 1 N–H and O–H groups in total. The molecule has 3 atom stereocenters. The molecule has 1 heterocycles. The maximum Gasteiger partial charge on any atom is 0.417 e. The van der Waals surface area contributed by atoms with E-state index >= 15 is 0 Å². The molecule has 4 aromatic carbocycles. The summed E-state index contributed by atoms with van der Waals surface area (Å²) in [6, 6.07) is 30.2. The highest BCUT2D eigenvalue weighted by atomic mass is 19.1. The molecular weight excluding hydrogens is 513 g/mol. The van der Waals surface area contributed by atoms with Crippen molar-refractivity contribution in [3.8, 4) is 11.5 Å². The predicted octanol–water partition coefficient (Wildman–Crippen LogP) is 5.48. The van der Waals surface area contributed by atoms with E-state index in [0.717, 1.165) is 16.0 Å². The van der Waals surface area contributed by atoms with Crippen LogP contribution in [0.25, 0.3) is 0 Å². The summed E-state index contributed by atoms with van der Waals surface area (Å²) in [4.78, 5) is 27.5. The fourth-order valence-electron chi connectivity index (χ4n) is 4.49. The third-order valence-electron chi connectivity index (χ3n) is 6.59. The molecule has 204 valence electrons. The van der Waals surface area contributed by atoms with Crippen molar-refractivity contribution in [1.29, 1.82) is 0 Å². The zero-order valence-electron chi connectivity index (χ0n) is 21.6. The normalized spacial score (nSPS) is 16.2. The topological polar surface area (TPSA) is 85.3 Å². The van der Waals surface area contributed by atoms with Gasteiger partial charge in [-0.3, -0.25) is 4.79 Å². The molecule has 4 aromatic rings. The third-order valence-corrected chi connectivity index (χ3v) is 6.59. The quantitative estimate of drug-likeness (QED) is 0.286. The van der Waals surface area contributed by atoms with E-state index in [1.165, 1.54) is 24.3 Å². The van der Waals surface area contributed by atoms with Crippen LogP contribution in [0.1, 0.15) is 22.8 Å². The van der Waals surface area contributed by atoms with Crippen LogP contribution >= 0.6 is 0 Å². The van der Waals surface area contributed by atoms with Crippen LogP contribution < -0.4 is 9.47 Å². The third kappa shape index (κ3) is 6.47. The van der Waals surface area contributed by atoms with E-state index in [-0.39, 0.29) is 12.4 Å². The Labute approximate surface area is 231 Å². The zero-order valence-corrected chi connectivity index (χ0v) is 21.6. The first kappa shape index (κ1) is 26.9. The van der Waals surface area contributed by atoms with Crippen LogP contribution in [0.3, 0.4) is 0 Å². The summed E-state index contributed by atoms with van der Waals surface area (Å²) < 4.78 is 30.5. The van der Waals surface area contributed by atoms with E-state index in [0.29, 0.717) is 24.3 Å². The lowest BCUT2D eigenvalue weighted by molar-refractivity contribution is -0.142. The summed E-state index contributed by atoms with van der Waals surface area (Å²) in [7, 11) is 0. The van der Waals surface area contributed by atoms with Crippen molar-refractivity contribution in [3.05, 3.63) is 132 Å². The Hall–Kier alpha value is -4.69. The van der Waals surface area contributed by atoms with Crippen molar-refractivity contribution in [2.45, 2.75) is 31.3 Å². The fraction of sp³-hybridized carbons (Fsp3) is 0.188. The summed E-state index contributed by atoms with van der Waals surface area (Å²) >= 11 is 0. The maximum atomic E-state index is 13.8. The van der Waals surface area contributed by atoms with Crippen LogP contribution in [0.4, 0.5) is 9.18 Å². The number of rotatable bonds is 10. The van der Waals surface area contributed by atoms with Gasteiger partial charge in [0.1, 0.15) is 36.6 Å². The highest BCUT2D eigenvalue weighted by Crippen LogP contribution is 2.28. The van der Waals surface area contributed by atoms with Crippen molar-refractivity contribution in [2.24, 2.45) is 0 Å². The molecule has 0 unspecified atom stereocenters. The Bertz CT molecular complexity index is 1410. The number of nitrogens with zero attached hydrogens (tertiary/aromatic N) is 1. The smallest absolute Gasteiger partial charge is 0.417 e. The minimum absolute atomic E-state index is 0.0201. The van der Waals surface area contributed by atoms with E-state index in [2.05, 4.69) is 0 Å². The van der Waals surface area contributed by atoms with Gasteiger partial charge < -0.3 is 19.3 Å². The van der Waals surface area contributed by atoms with Crippen LogP contribution in [0.15, 0.2) is 109 Å². The summed E-state index contributed by atoms with van der Waals surface area (Å²) in [5, 5.41) is 11.3. The number of cyclic esters (lactones) is 1. The molecule has 0 bridgehead atoms. The molecule has 1 aliphatic rings. The Morgan fingerprint density at radius 1 is 0.875 bits per heavy atom. The molecular formula is C32H28FNO6. The number of benzene rings is 4. The lowest BCUT2D eigenvalue weighted by Gasteiger charge is -2.28. The summed E-state index contributed by atoms with van der Waals surface area (Å²) in [5.41, 5.74) is 2.30. The second-order valence-electron chi connectivity index (χ2n) is 9.41. The number of hydrogen-bond acceptors (Lipinski definition) is 6. The number of imide groups is 1. The standard InChI is InChI=1S/C32H28FNO6/c33-25-13-17-28(18-14-25)40-30(31(36)34-26(21-39-32(34)37)19-22-7-3-1-4-8-22)29(35)24-11-15-27(16-12-24)38-20-23-9-5-2-6-10-23/h1-18,26,29-30,35H,19-21H2/t26-,29+,30-/m0/s1. The van der Waals surface area contributed by atoms with Gasteiger partial charge in [0.05, 0.1) is 6.04 Å². The second kappa shape index (κ2) is 12.4. The SMILES string of the molecule is O=C1OC[C@H](Cc2ccccc2)N1C(=O)[C@@H](Oc1ccc(F)cc1)[C@H](O)c1ccc(OCc2ccccc2)cc1. The average Bonchev–Trinajstić information content (AvgIpc) is 3.35. The molecule has 8 heteroatoms. The maximum absolute atomic E-state index is 13.8. The first-order valence-corrected chi connectivity index (χ1v) is 12.9. The van der Waals surface area contributed by atoms with Gasteiger partial charge in [0.15, 0.2) is 0 Å². The number of aliphatic hydroxyl groups is 1. The summed E-state index contributed by atoms with van der Waals surface area (Å²) in [6.07, 6.45) is -3.39. The van der Waals surface area contributed by atoms with E-state index in [4.69, 9.17) is 14.2 Å². The van der Waals surface area contributed by atoms with Gasteiger partial charge in [-0.15, -0.1) is 0 Å². The van der Waals surface area contributed by atoms with Crippen molar-refractivity contribution in [1.82, 2.24) is 4.90 Å². The highest BCUT2D eigenvalue weighted by Gasteiger charge is 2.44. The Morgan fingerprint density at radius 3 is 2.12 bits per heavy atom. The van der Waals surface area contributed by atoms with E-state index in [9.17, 15) is 19.1 Å². The Balaban J connectivity index is 1.37. The van der Waals surface area contributed by atoms with Crippen LogP contribution in [0.2, 0.25) is 0 Å². The second-order valence-corrected chi connectivity index (χ2v) is 9.41. The molecule has 0 spiro atoms. The van der Waals surface area contributed by atoms with Crippen LogP contribution in [-0.2, 0) is 22.6 Å². The van der Waals surface area contributed by atoms with Gasteiger partial charge >= 0.3 is 6.09 Å². The van der Waals surface area contributed by atoms with Gasteiger partial charge in [-0.25, -0.2) is 14.1 Å².